The summed E-state index contributed by atoms with van der Waals surface area (Å²) in [4.78, 5) is 52.5. The van der Waals surface area contributed by atoms with Crippen LogP contribution < -0.4 is 4.74 Å². The van der Waals surface area contributed by atoms with Crippen LogP contribution in [0.25, 0.3) is 6.08 Å². The molecule has 0 aromatic heterocycles. The molecule has 0 atom stereocenters. The van der Waals surface area contributed by atoms with Crippen molar-refractivity contribution in [3.63, 3.8) is 0 Å². The lowest BCUT2D eigenvalue weighted by atomic mass is 10.2. The molecule has 0 bridgehead atoms. The summed E-state index contributed by atoms with van der Waals surface area (Å²) in [5, 5.41) is 0.0405. The van der Waals surface area contributed by atoms with Crippen LogP contribution in [0.2, 0.25) is 5.02 Å². The van der Waals surface area contributed by atoms with Crippen LogP contribution in [-0.4, -0.2) is 52.5 Å². The maximum atomic E-state index is 12.7. The van der Waals surface area contributed by atoms with Crippen LogP contribution in [0.3, 0.4) is 0 Å². The van der Waals surface area contributed by atoms with Crippen molar-refractivity contribution in [3.8, 4) is 5.75 Å². The van der Waals surface area contributed by atoms with Gasteiger partial charge in [0.05, 0.1) is 10.5 Å². The number of likely N-dealkylation sites (tertiary alicyclic amines) is 1. The van der Waals surface area contributed by atoms with Gasteiger partial charge in [0, 0.05) is 18.1 Å². The SMILES string of the molecule is O=C(Oc1cccc(/C=C2\SC(=O)N(CC(=O)N3CCCC3)C2=O)c1)c1ccc(Cl)cc1. The van der Waals surface area contributed by atoms with E-state index in [1.54, 1.807) is 59.5 Å². The molecule has 0 spiro atoms. The Morgan fingerprint density at radius 2 is 1.78 bits per heavy atom. The molecule has 2 aromatic rings. The highest BCUT2D eigenvalue weighted by Crippen LogP contribution is 2.32. The largest absolute Gasteiger partial charge is 0.423 e. The zero-order valence-electron chi connectivity index (χ0n) is 17.0. The van der Waals surface area contributed by atoms with Gasteiger partial charge in [0.15, 0.2) is 0 Å². The van der Waals surface area contributed by atoms with Crippen molar-refractivity contribution in [2.24, 2.45) is 0 Å². The number of benzene rings is 2. The Kier molecular flexibility index (Phi) is 6.62. The predicted octanol–water partition coefficient (Wildman–Crippen LogP) is 4.22. The molecule has 7 nitrogen and oxygen atoms in total. The summed E-state index contributed by atoms with van der Waals surface area (Å²) < 4.78 is 5.39. The first-order valence-corrected chi connectivity index (χ1v) is 11.2. The molecule has 4 rings (SSSR count). The fraction of sp³-hybridized carbons (Fsp3) is 0.217. The van der Waals surface area contributed by atoms with E-state index in [1.165, 1.54) is 0 Å². The summed E-state index contributed by atoms with van der Waals surface area (Å²) in [5.41, 5.74) is 0.936. The van der Waals surface area contributed by atoms with Crippen molar-refractivity contribution in [1.82, 2.24) is 9.80 Å². The lowest BCUT2D eigenvalue weighted by Crippen LogP contribution is -2.40. The van der Waals surface area contributed by atoms with Crippen LogP contribution in [0, 0.1) is 0 Å². The van der Waals surface area contributed by atoms with E-state index in [4.69, 9.17) is 16.3 Å². The van der Waals surface area contributed by atoms with Gasteiger partial charge in [0.25, 0.3) is 11.1 Å². The summed E-state index contributed by atoms with van der Waals surface area (Å²) in [6.07, 6.45) is 3.42. The van der Waals surface area contributed by atoms with E-state index in [0.29, 0.717) is 35.0 Å². The zero-order valence-corrected chi connectivity index (χ0v) is 18.5. The highest BCUT2D eigenvalue weighted by Gasteiger charge is 2.37. The van der Waals surface area contributed by atoms with Crippen LogP contribution in [0.1, 0.15) is 28.8 Å². The Labute approximate surface area is 194 Å². The van der Waals surface area contributed by atoms with Gasteiger partial charge in [-0.05, 0) is 72.6 Å². The number of amides is 3. The minimum absolute atomic E-state index is 0.213. The molecule has 2 aromatic carbocycles. The molecule has 2 aliphatic heterocycles. The maximum Gasteiger partial charge on any atom is 0.343 e. The summed E-state index contributed by atoms with van der Waals surface area (Å²) in [6.45, 7) is 1.07. The van der Waals surface area contributed by atoms with Crippen molar-refractivity contribution >= 4 is 52.5 Å². The molecular formula is C23H19ClN2O5S. The van der Waals surface area contributed by atoms with Gasteiger partial charge >= 0.3 is 5.97 Å². The maximum absolute atomic E-state index is 12.7. The van der Waals surface area contributed by atoms with Crippen molar-refractivity contribution in [2.75, 3.05) is 19.6 Å². The predicted molar refractivity (Wildman–Crippen MR) is 121 cm³/mol. The average molecular weight is 471 g/mol. The normalized spacial score (nSPS) is 17.3. The molecule has 3 amide bonds. The summed E-state index contributed by atoms with van der Waals surface area (Å²) in [6, 6.07) is 12.9. The molecule has 2 fully saturated rings. The molecule has 9 heteroatoms. The number of rotatable bonds is 5. The molecule has 0 aliphatic carbocycles. The first-order valence-electron chi connectivity index (χ1n) is 10.0. The van der Waals surface area contributed by atoms with Crippen LogP contribution >= 0.6 is 23.4 Å². The van der Waals surface area contributed by atoms with Crippen molar-refractivity contribution in [2.45, 2.75) is 12.8 Å². The number of hydrogen-bond donors (Lipinski definition) is 0. The first-order chi connectivity index (χ1) is 15.4. The number of halogens is 1. The fourth-order valence-corrected chi connectivity index (χ4v) is 4.37. The lowest BCUT2D eigenvalue weighted by Gasteiger charge is -2.18. The van der Waals surface area contributed by atoms with Crippen LogP contribution in [0.15, 0.2) is 53.4 Å². The van der Waals surface area contributed by atoms with Crippen LogP contribution in [-0.2, 0) is 9.59 Å². The second kappa shape index (κ2) is 9.58. The Morgan fingerprint density at radius 1 is 1.06 bits per heavy atom. The van der Waals surface area contributed by atoms with E-state index in [-0.39, 0.29) is 17.4 Å². The van der Waals surface area contributed by atoms with E-state index in [0.717, 1.165) is 29.5 Å². The Morgan fingerprint density at radius 3 is 2.50 bits per heavy atom. The quantitative estimate of drug-likeness (QED) is 0.369. The zero-order chi connectivity index (χ0) is 22.7. The van der Waals surface area contributed by atoms with E-state index in [9.17, 15) is 19.2 Å². The van der Waals surface area contributed by atoms with Gasteiger partial charge in [-0.3, -0.25) is 19.3 Å². The summed E-state index contributed by atoms with van der Waals surface area (Å²) >= 11 is 6.62. The van der Waals surface area contributed by atoms with E-state index < -0.39 is 17.1 Å². The smallest absolute Gasteiger partial charge is 0.343 e. The van der Waals surface area contributed by atoms with Crippen molar-refractivity contribution < 1.29 is 23.9 Å². The second-order valence-electron chi connectivity index (χ2n) is 7.32. The number of imide groups is 1. The molecule has 0 radical (unpaired) electrons. The topological polar surface area (TPSA) is 84.0 Å². The van der Waals surface area contributed by atoms with Crippen LogP contribution in [0.5, 0.6) is 5.75 Å². The minimum Gasteiger partial charge on any atom is -0.423 e. The van der Waals surface area contributed by atoms with Crippen molar-refractivity contribution in [3.05, 3.63) is 69.6 Å². The third kappa shape index (κ3) is 5.03. The molecule has 2 aliphatic rings. The number of hydrogen-bond acceptors (Lipinski definition) is 6. The third-order valence-corrected chi connectivity index (χ3v) is 6.23. The molecule has 2 saturated heterocycles. The van der Waals surface area contributed by atoms with E-state index >= 15 is 0 Å². The van der Waals surface area contributed by atoms with Gasteiger partial charge in [-0.2, -0.15) is 0 Å². The number of thioether (sulfide) groups is 1. The van der Waals surface area contributed by atoms with Gasteiger partial charge in [0.2, 0.25) is 5.91 Å². The Hall–Kier alpha value is -3.10. The molecule has 32 heavy (non-hydrogen) atoms. The third-order valence-electron chi connectivity index (χ3n) is 5.07. The number of nitrogens with zero attached hydrogens (tertiary/aromatic N) is 2. The number of carbonyl (C=O) groups is 4. The summed E-state index contributed by atoms with van der Waals surface area (Å²) in [7, 11) is 0. The van der Waals surface area contributed by atoms with Crippen molar-refractivity contribution in [1.29, 1.82) is 0 Å². The van der Waals surface area contributed by atoms with E-state index in [1.807, 2.05) is 0 Å². The highest BCUT2D eigenvalue weighted by atomic mass is 35.5. The minimum atomic E-state index is -0.542. The first kappa shape index (κ1) is 22.1. The second-order valence-corrected chi connectivity index (χ2v) is 8.75. The van der Waals surface area contributed by atoms with Gasteiger partial charge in [0.1, 0.15) is 12.3 Å². The summed E-state index contributed by atoms with van der Waals surface area (Å²) in [5.74, 6) is -0.972. The number of ether oxygens (including phenoxy) is 1. The van der Waals surface area contributed by atoms with Crippen LogP contribution in [0.4, 0.5) is 4.79 Å². The van der Waals surface area contributed by atoms with E-state index in [2.05, 4.69) is 0 Å². The monoisotopic (exact) mass is 470 g/mol. The number of carbonyl (C=O) groups excluding carboxylic acids is 4. The molecule has 0 N–H and O–H groups in total. The Bertz CT molecular complexity index is 1110. The van der Waals surface area contributed by atoms with Gasteiger partial charge in [-0.1, -0.05) is 23.7 Å². The number of esters is 1. The Balaban J connectivity index is 1.45. The van der Waals surface area contributed by atoms with Gasteiger partial charge in [-0.25, -0.2) is 4.79 Å². The molecule has 2 heterocycles. The average Bonchev–Trinajstić information content (AvgIpc) is 3.39. The molecule has 0 unspecified atom stereocenters. The molecular weight excluding hydrogens is 452 g/mol. The fourth-order valence-electron chi connectivity index (χ4n) is 3.41. The molecule has 164 valence electrons. The lowest BCUT2D eigenvalue weighted by molar-refractivity contribution is -0.135. The standard InChI is InChI=1S/C23H19ClN2O5S/c24-17-8-6-16(7-9-17)22(29)31-18-5-3-4-15(12-18)13-19-21(28)26(23(30)32-19)14-20(27)25-10-1-2-11-25/h3-9,12-13H,1-2,10-11,14H2/b19-13-. The highest BCUT2D eigenvalue weighted by molar-refractivity contribution is 8.18. The molecule has 0 saturated carbocycles. The van der Waals surface area contributed by atoms with Gasteiger partial charge in [-0.15, -0.1) is 0 Å². The van der Waals surface area contributed by atoms with Gasteiger partial charge < -0.3 is 9.64 Å².